The van der Waals surface area contributed by atoms with Gasteiger partial charge >= 0.3 is 0 Å². The lowest BCUT2D eigenvalue weighted by molar-refractivity contribution is 0.577. The summed E-state index contributed by atoms with van der Waals surface area (Å²) in [4.78, 5) is 0. The standard InChI is InChI=1S/C2H9N2OPS/c3-6(4,5)1-2-7/h7H,1-2H2,(H4,3,4,5). The zero-order valence-corrected chi connectivity index (χ0v) is 5.66. The number of rotatable bonds is 2. The quantitative estimate of drug-likeness (QED) is 0.374. The molecule has 0 saturated heterocycles. The van der Waals surface area contributed by atoms with E-state index in [0.717, 1.165) is 0 Å². The molecule has 0 unspecified atom stereocenters. The van der Waals surface area contributed by atoms with Crippen molar-refractivity contribution in [2.24, 2.45) is 11.0 Å². The van der Waals surface area contributed by atoms with Crippen LogP contribution in [0.3, 0.4) is 0 Å². The van der Waals surface area contributed by atoms with Gasteiger partial charge in [0.25, 0.3) is 0 Å². The van der Waals surface area contributed by atoms with Crippen molar-refractivity contribution >= 4 is 20.1 Å². The van der Waals surface area contributed by atoms with E-state index >= 15 is 0 Å². The molecule has 0 aliphatic rings. The molecule has 0 amide bonds. The van der Waals surface area contributed by atoms with Crippen molar-refractivity contribution in [1.82, 2.24) is 0 Å². The van der Waals surface area contributed by atoms with Crippen LogP contribution >= 0.6 is 20.1 Å². The highest BCUT2D eigenvalue weighted by molar-refractivity contribution is 7.80. The van der Waals surface area contributed by atoms with E-state index in [0.29, 0.717) is 11.9 Å². The Kier molecular flexibility index (Phi) is 2.92. The highest BCUT2D eigenvalue weighted by Crippen LogP contribution is 2.23. The van der Waals surface area contributed by atoms with E-state index in [1.165, 1.54) is 0 Å². The van der Waals surface area contributed by atoms with Crippen LogP contribution in [0.2, 0.25) is 0 Å². The van der Waals surface area contributed by atoms with Crippen molar-refractivity contribution in [3.05, 3.63) is 0 Å². The van der Waals surface area contributed by atoms with Crippen molar-refractivity contribution in [2.75, 3.05) is 11.9 Å². The fourth-order valence-corrected chi connectivity index (χ4v) is 1.41. The lowest BCUT2D eigenvalue weighted by atomic mass is 11.0. The minimum atomic E-state index is -2.74. The Morgan fingerprint density at radius 2 is 2.00 bits per heavy atom. The van der Waals surface area contributed by atoms with Crippen molar-refractivity contribution < 1.29 is 4.57 Å². The van der Waals surface area contributed by atoms with Crippen LogP contribution in [0.5, 0.6) is 0 Å². The van der Waals surface area contributed by atoms with Gasteiger partial charge in [-0.1, -0.05) is 0 Å². The molecule has 0 atom stereocenters. The Balaban J connectivity index is 3.36. The second kappa shape index (κ2) is 2.72. The highest BCUT2D eigenvalue weighted by Gasteiger charge is 2.03. The van der Waals surface area contributed by atoms with Gasteiger partial charge in [-0.2, -0.15) is 12.6 Å². The average Bonchev–Trinajstić information content (AvgIpc) is 1.30. The summed E-state index contributed by atoms with van der Waals surface area (Å²) >= 11 is 3.78. The van der Waals surface area contributed by atoms with E-state index in [1.807, 2.05) is 0 Å². The summed E-state index contributed by atoms with van der Waals surface area (Å²) in [6.45, 7) is 0. The summed E-state index contributed by atoms with van der Waals surface area (Å²) in [5.74, 6) is 0.490. The molecular formula is C2H9N2OPS. The van der Waals surface area contributed by atoms with Gasteiger partial charge in [0.2, 0.25) is 7.44 Å². The number of nitrogens with two attached hydrogens (primary N) is 2. The minimum Gasteiger partial charge on any atom is -0.290 e. The van der Waals surface area contributed by atoms with Gasteiger partial charge in [0.05, 0.1) is 0 Å². The van der Waals surface area contributed by atoms with Crippen LogP contribution in [0, 0.1) is 0 Å². The zero-order valence-electron chi connectivity index (χ0n) is 3.87. The summed E-state index contributed by atoms with van der Waals surface area (Å²) in [7, 11) is -2.74. The van der Waals surface area contributed by atoms with Gasteiger partial charge in [0, 0.05) is 6.16 Å². The van der Waals surface area contributed by atoms with Crippen LogP contribution in [0.1, 0.15) is 0 Å². The maximum absolute atomic E-state index is 10.3. The van der Waals surface area contributed by atoms with Crippen molar-refractivity contribution in [3.8, 4) is 0 Å². The van der Waals surface area contributed by atoms with Gasteiger partial charge in [-0.15, -0.1) is 0 Å². The van der Waals surface area contributed by atoms with Gasteiger partial charge < -0.3 is 0 Å². The van der Waals surface area contributed by atoms with Crippen LogP contribution in [0.15, 0.2) is 0 Å². The molecule has 0 aromatic heterocycles. The van der Waals surface area contributed by atoms with E-state index < -0.39 is 7.44 Å². The van der Waals surface area contributed by atoms with Crippen molar-refractivity contribution in [2.45, 2.75) is 0 Å². The molecule has 0 aliphatic carbocycles. The first-order chi connectivity index (χ1) is 3.06. The molecule has 0 saturated carbocycles. The van der Waals surface area contributed by atoms with E-state index in [-0.39, 0.29) is 0 Å². The van der Waals surface area contributed by atoms with E-state index in [9.17, 15) is 4.57 Å². The summed E-state index contributed by atoms with van der Waals surface area (Å²) in [5.41, 5.74) is 9.86. The van der Waals surface area contributed by atoms with Gasteiger partial charge in [-0.05, 0) is 5.75 Å². The van der Waals surface area contributed by atoms with E-state index in [4.69, 9.17) is 11.0 Å². The van der Waals surface area contributed by atoms with Crippen LogP contribution in [-0.4, -0.2) is 11.9 Å². The molecule has 3 nitrogen and oxygen atoms in total. The van der Waals surface area contributed by atoms with Crippen LogP contribution in [0.25, 0.3) is 0 Å². The molecule has 0 bridgehead atoms. The molecule has 7 heavy (non-hydrogen) atoms. The van der Waals surface area contributed by atoms with Gasteiger partial charge in [0.1, 0.15) is 0 Å². The topological polar surface area (TPSA) is 69.1 Å². The maximum Gasteiger partial charge on any atom is 0.206 e. The molecule has 0 heterocycles. The summed E-state index contributed by atoms with van der Waals surface area (Å²) in [5, 5.41) is 0. The van der Waals surface area contributed by atoms with E-state index in [2.05, 4.69) is 12.6 Å². The van der Waals surface area contributed by atoms with Crippen LogP contribution < -0.4 is 11.0 Å². The molecule has 44 valence electrons. The van der Waals surface area contributed by atoms with Crippen molar-refractivity contribution in [3.63, 3.8) is 0 Å². The van der Waals surface area contributed by atoms with Gasteiger partial charge in [0.15, 0.2) is 0 Å². The smallest absolute Gasteiger partial charge is 0.206 e. The Hall–Kier alpha value is 0.500. The first kappa shape index (κ1) is 7.50. The van der Waals surface area contributed by atoms with Gasteiger partial charge in [-0.3, -0.25) is 15.6 Å². The third kappa shape index (κ3) is 6.50. The van der Waals surface area contributed by atoms with Crippen LogP contribution in [0.4, 0.5) is 0 Å². The fourth-order valence-electron chi connectivity index (χ4n) is 0.156. The molecular weight excluding hydrogens is 131 g/mol. The third-order valence-corrected chi connectivity index (χ3v) is 1.95. The molecule has 4 N–H and O–H groups in total. The molecule has 0 fully saturated rings. The largest absolute Gasteiger partial charge is 0.290 e. The summed E-state index contributed by atoms with van der Waals surface area (Å²) in [6, 6.07) is 0. The minimum absolute atomic E-state index is 0.316. The summed E-state index contributed by atoms with van der Waals surface area (Å²) in [6.07, 6.45) is 0.316. The fraction of sp³-hybridized carbons (Fsp3) is 1.00. The zero-order chi connectivity index (χ0) is 5.91. The Labute approximate surface area is 48.3 Å². The average molecular weight is 140 g/mol. The lowest BCUT2D eigenvalue weighted by Gasteiger charge is -1.99. The maximum atomic E-state index is 10.3. The summed E-state index contributed by atoms with van der Waals surface area (Å²) < 4.78 is 10.3. The first-order valence-corrected chi connectivity index (χ1v) is 4.49. The Bertz CT molecular complexity index is 89.7. The van der Waals surface area contributed by atoms with Gasteiger partial charge in [-0.25, -0.2) is 0 Å². The second-order valence-corrected chi connectivity index (χ2v) is 3.90. The molecule has 0 radical (unpaired) electrons. The SMILES string of the molecule is NP(N)(=O)CCS. The molecule has 0 aliphatic heterocycles. The number of hydrogen-bond acceptors (Lipinski definition) is 2. The monoisotopic (exact) mass is 140 g/mol. The normalized spacial score (nSPS) is 11.9. The molecule has 0 spiro atoms. The molecule has 0 aromatic carbocycles. The molecule has 0 rings (SSSR count). The Morgan fingerprint density at radius 3 is 2.00 bits per heavy atom. The first-order valence-electron chi connectivity index (χ1n) is 1.83. The Morgan fingerprint density at radius 1 is 1.57 bits per heavy atom. The third-order valence-electron chi connectivity index (χ3n) is 0.449. The van der Waals surface area contributed by atoms with Crippen LogP contribution in [-0.2, 0) is 4.57 Å². The second-order valence-electron chi connectivity index (χ2n) is 1.30. The predicted octanol–water partition coefficient (Wildman–Crippen LogP) is 0.0267. The lowest BCUT2D eigenvalue weighted by Crippen LogP contribution is -2.08. The highest BCUT2D eigenvalue weighted by atomic mass is 32.1. The number of thiol groups is 1. The van der Waals surface area contributed by atoms with E-state index in [1.54, 1.807) is 0 Å². The molecule has 0 aromatic rings. The predicted molar refractivity (Wildman–Crippen MR) is 34.7 cm³/mol. The molecule has 5 heteroatoms. The van der Waals surface area contributed by atoms with Crippen molar-refractivity contribution in [1.29, 1.82) is 0 Å². The number of hydrogen-bond donors (Lipinski definition) is 3.